The molecule has 0 amide bonds. The van der Waals surface area contributed by atoms with Crippen LogP contribution >= 0.6 is 11.6 Å². The fraction of sp³-hybridized carbons (Fsp3) is 0.800. The summed E-state index contributed by atoms with van der Waals surface area (Å²) in [6.07, 6.45) is 9.19. The van der Waals surface area contributed by atoms with E-state index >= 15 is 0 Å². The molecule has 0 aromatic rings. The molecule has 5 heteroatoms. The first-order chi connectivity index (χ1) is 9.61. The molecule has 0 N–H and O–H groups in total. The molecule has 0 bridgehead atoms. The third-order valence-corrected chi connectivity index (χ3v) is 5.23. The van der Waals surface area contributed by atoms with Crippen LogP contribution in [0, 0.1) is 33.3 Å². The van der Waals surface area contributed by atoms with Crippen LogP contribution in [0.4, 0.5) is 0 Å². The Hall–Kier alpha value is -1.08. The molecule has 2 fully saturated rings. The van der Waals surface area contributed by atoms with Crippen LogP contribution in [0.15, 0.2) is 11.6 Å². The van der Waals surface area contributed by atoms with E-state index in [2.05, 4.69) is 12.1 Å². The molecule has 0 radical (unpaired) electrons. The van der Waals surface area contributed by atoms with E-state index in [9.17, 15) is 15.4 Å². The molecule has 0 aromatic heterocycles. The van der Waals surface area contributed by atoms with Gasteiger partial charge in [0.15, 0.2) is 0 Å². The van der Waals surface area contributed by atoms with Crippen LogP contribution in [0.5, 0.6) is 0 Å². The average molecular weight is 297 g/mol. The molecule has 4 nitrogen and oxygen atoms in total. The van der Waals surface area contributed by atoms with E-state index in [1.807, 2.05) is 0 Å². The van der Waals surface area contributed by atoms with E-state index in [-0.39, 0.29) is 16.2 Å². The maximum Gasteiger partial charge on any atom is 0.213 e. The molecule has 0 unspecified atom stereocenters. The van der Waals surface area contributed by atoms with Gasteiger partial charge in [-0.1, -0.05) is 18.9 Å². The SMILES string of the molecule is N#C/C(=C\[C@@H]1CCCC[C@@H]1Cl)C1CCC([N+](=O)[O-])CC1. The Morgan fingerprint density at radius 3 is 2.40 bits per heavy atom. The molecule has 0 spiro atoms. The number of hydrogen-bond acceptors (Lipinski definition) is 3. The van der Waals surface area contributed by atoms with Gasteiger partial charge in [0.05, 0.1) is 6.07 Å². The number of allylic oxidation sites excluding steroid dienone is 2. The highest BCUT2D eigenvalue weighted by molar-refractivity contribution is 6.20. The molecule has 2 saturated carbocycles. The van der Waals surface area contributed by atoms with Gasteiger partial charge in [-0.05, 0) is 37.5 Å². The maximum atomic E-state index is 10.8. The van der Waals surface area contributed by atoms with Gasteiger partial charge in [-0.3, -0.25) is 10.1 Å². The third-order valence-electron chi connectivity index (χ3n) is 4.69. The Kier molecular flexibility index (Phi) is 5.42. The number of halogens is 1. The quantitative estimate of drug-likeness (QED) is 0.341. The topological polar surface area (TPSA) is 66.9 Å². The molecule has 0 aromatic carbocycles. The summed E-state index contributed by atoms with van der Waals surface area (Å²) < 4.78 is 0. The highest BCUT2D eigenvalue weighted by Gasteiger charge is 2.31. The summed E-state index contributed by atoms with van der Waals surface area (Å²) in [6.45, 7) is 0. The molecular formula is C15H21ClN2O2. The Labute approximate surface area is 124 Å². The van der Waals surface area contributed by atoms with Crippen LogP contribution in [0.3, 0.4) is 0 Å². The van der Waals surface area contributed by atoms with Gasteiger partial charge in [0.2, 0.25) is 6.04 Å². The van der Waals surface area contributed by atoms with Crippen molar-refractivity contribution in [3.63, 3.8) is 0 Å². The molecule has 110 valence electrons. The average Bonchev–Trinajstić information content (AvgIpc) is 2.46. The molecule has 2 aliphatic carbocycles. The maximum absolute atomic E-state index is 10.8. The predicted molar refractivity (Wildman–Crippen MR) is 78.0 cm³/mol. The lowest BCUT2D eigenvalue weighted by molar-refractivity contribution is -0.526. The van der Waals surface area contributed by atoms with Gasteiger partial charge in [-0.25, -0.2) is 0 Å². The highest BCUT2D eigenvalue weighted by atomic mass is 35.5. The summed E-state index contributed by atoms with van der Waals surface area (Å²) in [6, 6.07) is 1.90. The minimum atomic E-state index is -0.415. The molecule has 2 rings (SSSR count). The summed E-state index contributed by atoms with van der Waals surface area (Å²) in [4.78, 5) is 10.6. The van der Waals surface area contributed by atoms with Crippen LogP contribution < -0.4 is 0 Å². The zero-order valence-corrected chi connectivity index (χ0v) is 12.4. The summed E-state index contributed by atoms with van der Waals surface area (Å²) in [5, 5.41) is 20.3. The summed E-state index contributed by atoms with van der Waals surface area (Å²) in [5.74, 6) is 0.496. The number of nitro groups is 1. The molecule has 0 saturated heterocycles. The number of nitrogens with zero attached hydrogens (tertiary/aromatic N) is 2. The highest BCUT2D eigenvalue weighted by Crippen LogP contribution is 2.35. The minimum Gasteiger partial charge on any atom is -0.264 e. The molecule has 20 heavy (non-hydrogen) atoms. The Bertz CT molecular complexity index is 422. The molecule has 2 aliphatic rings. The minimum absolute atomic E-state index is 0.141. The van der Waals surface area contributed by atoms with Gasteiger partial charge >= 0.3 is 0 Å². The zero-order valence-electron chi connectivity index (χ0n) is 11.6. The first kappa shape index (κ1) is 15.3. The predicted octanol–water partition coefficient (Wildman–Crippen LogP) is 4.07. The normalized spacial score (nSPS) is 35.3. The first-order valence-electron chi connectivity index (χ1n) is 7.51. The van der Waals surface area contributed by atoms with E-state index in [1.165, 1.54) is 12.8 Å². The summed E-state index contributed by atoms with van der Waals surface area (Å²) in [5.41, 5.74) is 0.810. The smallest absolute Gasteiger partial charge is 0.213 e. The van der Waals surface area contributed by atoms with Crippen molar-refractivity contribution in [2.24, 2.45) is 11.8 Å². The van der Waals surface area contributed by atoms with Crippen molar-refractivity contribution in [1.29, 1.82) is 5.26 Å². The van der Waals surface area contributed by atoms with E-state index < -0.39 is 6.04 Å². The van der Waals surface area contributed by atoms with Crippen molar-refractivity contribution >= 4 is 11.6 Å². The lowest BCUT2D eigenvalue weighted by Crippen LogP contribution is -2.27. The van der Waals surface area contributed by atoms with Crippen LogP contribution in [-0.4, -0.2) is 16.3 Å². The van der Waals surface area contributed by atoms with Crippen LogP contribution in [-0.2, 0) is 0 Å². The van der Waals surface area contributed by atoms with Crippen molar-refractivity contribution in [3.05, 3.63) is 21.8 Å². The van der Waals surface area contributed by atoms with Gasteiger partial charge in [-0.2, -0.15) is 5.26 Å². The van der Waals surface area contributed by atoms with Crippen molar-refractivity contribution in [2.45, 2.75) is 62.8 Å². The van der Waals surface area contributed by atoms with Gasteiger partial charge in [0.25, 0.3) is 0 Å². The fourth-order valence-corrected chi connectivity index (χ4v) is 3.75. The second-order valence-electron chi connectivity index (χ2n) is 5.99. The number of hydrogen-bond donors (Lipinski definition) is 0. The zero-order chi connectivity index (χ0) is 14.5. The third kappa shape index (κ3) is 3.73. The summed E-state index contributed by atoms with van der Waals surface area (Å²) >= 11 is 6.34. The van der Waals surface area contributed by atoms with Crippen molar-refractivity contribution in [3.8, 4) is 6.07 Å². The summed E-state index contributed by atoms with van der Waals surface area (Å²) in [7, 11) is 0. The second kappa shape index (κ2) is 7.08. The van der Waals surface area contributed by atoms with Crippen molar-refractivity contribution < 1.29 is 4.92 Å². The standard InChI is InChI=1S/C15H21ClN2O2/c16-15-4-2-1-3-12(15)9-13(10-17)11-5-7-14(8-6-11)18(19)20/h9,11-12,14-15H,1-8H2/b13-9+/t11?,12-,14?,15-/m0/s1. The van der Waals surface area contributed by atoms with Crippen LogP contribution in [0.2, 0.25) is 0 Å². The first-order valence-corrected chi connectivity index (χ1v) is 7.95. The molecule has 2 atom stereocenters. The molecule has 0 heterocycles. The lowest BCUT2D eigenvalue weighted by Gasteiger charge is -2.27. The number of nitriles is 1. The Morgan fingerprint density at radius 1 is 1.20 bits per heavy atom. The van der Waals surface area contributed by atoms with E-state index in [4.69, 9.17) is 11.6 Å². The monoisotopic (exact) mass is 296 g/mol. The lowest BCUT2D eigenvalue weighted by atomic mass is 9.79. The van der Waals surface area contributed by atoms with Gasteiger partial charge in [-0.15, -0.1) is 11.6 Å². The molecule has 0 aliphatic heterocycles. The van der Waals surface area contributed by atoms with Crippen LogP contribution in [0.1, 0.15) is 51.4 Å². The number of rotatable bonds is 3. The Morgan fingerprint density at radius 2 is 1.85 bits per heavy atom. The van der Waals surface area contributed by atoms with E-state index in [0.717, 1.165) is 31.3 Å². The van der Waals surface area contributed by atoms with Gasteiger partial charge in [0, 0.05) is 28.7 Å². The fourth-order valence-electron chi connectivity index (χ4n) is 3.39. The second-order valence-corrected chi connectivity index (χ2v) is 6.55. The van der Waals surface area contributed by atoms with Crippen LogP contribution in [0.25, 0.3) is 0 Å². The van der Waals surface area contributed by atoms with Crippen molar-refractivity contribution in [1.82, 2.24) is 0 Å². The van der Waals surface area contributed by atoms with Gasteiger partial charge < -0.3 is 0 Å². The van der Waals surface area contributed by atoms with E-state index in [1.54, 1.807) is 0 Å². The largest absolute Gasteiger partial charge is 0.264 e. The van der Waals surface area contributed by atoms with E-state index in [0.29, 0.717) is 18.8 Å². The van der Waals surface area contributed by atoms with Gasteiger partial charge in [0.1, 0.15) is 0 Å². The molecular weight excluding hydrogens is 276 g/mol. The Balaban J connectivity index is 1.98. The number of alkyl halides is 1. The van der Waals surface area contributed by atoms with Crippen molar-refractivity contribution in [2.75, 3.05) is 0 Å².